The first-order valence-electron chi connectivity index (χ1n) is 7.02. The lowest BCUT2D eigenvalue weighted by Gasteiger charge is -2.45. The molecule has 0 radical (unpaired) electrons. The van der Waals surface area contributed by atoms with Crippen molar-refractivity contribution in [3.05, 3.63) is 29.3 Å². The third kappa shape index (κ3) is 3.36. The summed E-state index contributed by atoms with van der Waals surface area (Å²) in [5.74, 6) is 0.191. The van der Waals surface area contributed by atoms with Crippen molar-refractivity contribution >= 4 is 38.1 Å². The van der Waals surface area contributed by atoms with Crippen LogP contribution in [0, 0.1) is 5.92 Å². The van der Waals surface area contributed by atoms with Crippen LogP contribution in [0.5, 0.6) is 0 Å². The molecule has 7 nitrogen and oxygen atoms in total. The number of nitrogens with one attached hydrogen (secondary N) is 2. The summed E-state index contributed by atoms with van der Waals surface area (Å²) in [5, 5.41) is 8.23. The summed E-state index contributed by atoms with van der Waals surface area (Å²) in [5.41, 5.74) is 0.403. The van der Waals surface area contributed by atoms with E-state index in [2.05, 4.69) is 22.2 Å². The second-order valence-electron chi connectivity index (χ2n) is 5.66. The zero-order chi connectivity index (χ0) is 16.8. The van der Waals surface area contributed by atoms with Crippen LogP contribution in [0.3, 0.4) is 0 Å². The van der Waals surface area contributed by atoms with Gasteiger partial charge in [-0.05, 0) is 37.3 Å². The average molecular weight is 380 g/mol. The van der Waals surface area contributed by atoms with Gasteiger partial charge < -0.3 is 5.32 Å². The molecule has 1 heterocycles. The highest BCUT2D eigenvalue weighted by Gasteiger charge is 2.35. The Bertz CT molecular complexity index is 767. The smallest absolute Gasteiger partial charge is 0.239 e. The lowest BCUT2D eigenvalue weighted by atomic mass is 9.92. The second-order valence-corrected chi connectivity index (χ2v) is 9.37. The maximum absolute atomic E-state index is 11.6. The number of sulfonamides is 1. The predicted octanol–water partition coefficient (Wildman–Crippen LogP) is 2.71. The quantitative estimate of drug-likeness (QED) is 0.503. The molecule has 0 bridgehead atoms. The molecule has 3 rings (SSSR count). The van der Waals surface area contributed by atoms with E-state index in [1.807, 2.05) is 0 Å². The molecule has 2 atom stereocenters. The van der Waals surface area contributed by atoms with E-state index < -0.39 is 20.8 Å². The molecule has 1 aliphatic heterocycles. The molecule has 2 aliphatic rings. The summed E-state index contributed by atoms with van der Waals surface area (Å²) in [6, 6.07) is 2.48. The minimum absolute atomic E-state index is 0.0496. The molecular formula is C13H18ClN3O4S2. The Hall–Kier alpha value is -0.810. The lowest BCUT2D eigenvalue weighted by molar-refractivity contribution is 0.366. The van der Waals surface area contributed by atoms with E-state index in [4.69, 9.17) is 16.7 Å². The molecule has 23 heavy (non-hydrogen) atoms. The highest BCUT2D eigenvalue weighted by Crippen LogP contribution is 2.53. The molecule has 1 aliphatic carbocycles. The van der Waals surface area contributed by atoms with Gasteiger partial charge in [0.1, 0.15) is 4.90 Å². The summed E-state index contributed by atoms with van der Waals surface area (Å²) in [6.07, 6.45) is 6.49. The van der Waals surface area contributed by atoms with Crippen molar-refractivity contribution in [2.24, 2.45) is 11.1 Å². The van der Waals surface area contributed by atoms with Crippen LogP contribution in [0.2, 0.25) is 5.02 Å². The molecule has 0 amide bonds. The standard InChI is InChI=1S/C13H18ClN3O4S2/c14-9-6-10-12(7-11(9)22(15,18)19)23(20,21)17-13(16-10)8-4-2-1-3-5-8/h1-2,6-8,13,16-17,20-21H,3-5H2,(H2,15,18,19). The highest BCUT2D eigenvalue weighted by atomic mass is 35.5. The molecule has 6 N–H and O–H groups in total. The molecular weight excluding hydrogens is 362 g/mol. The van der Waals surface area contributed by atoms with Gasteiger partial charge in [0.2, 0.25) is 10.0 Å². The van der Waals surface area contributed by atoms with E-state index in [0.717, 1.165) is 25.3 Å². The van der Waals surface area contributed by atoms with Crippen LogP contribution in [0.1, 0.15) is 19.3 Å². The highest BCUT2D eigenvalue weighted by molar-refractivity contribution is 8.22. The fourth-order valence-electron chi connectivity index (χ4n) is 2.87. The Balaban J connectivity index is 2.01. The Labute approximate surface area is 141 Å². The molecule has 0 spiro atoms. The van der Waals surface area contributed by atoms with Gasteiger partial charge in [-0.15, -0.1) is 10.8 Å². The van der Waals surface area contributed by atoms with Crippen molar-refractivity contribution in [2.45, 2.75) is 35.2 Å². The number of primary sulfonamides is 1. The van der Waals surface area contributed by atoms with Crippen molar-refractivity contribution in [3.8, 4) is 0 Å². The van der Waals surface area contributed by atoms with Gasteiger partial charge in [0.05, 0.1) is 21.8 Å². The summed E-state index contributed by atoms with van der Waals surface area (Å²) < 4.78 is 46.7. The lowest BCUT2D eigenvalue weighted by Crippen LogP contribution is -2.47. The van der Waals surface area contributed by atoms with Gasteiger partial charge in [-0.3, -0.25) is 9.11 Å². The van der Waals surface area contributed by atoms with E-state index in [1.54, 1.807) is 0 Å². The van der Waals surface area contributed by atoms with E-state index in [9.17, 15) is 17.5 Å². The summed E-state index contributed by atoms with van der Waals surface area (Å²) in [7, 11) is -7.41. The zero-order valence-corrected chi connectivity index (χ0v) is 14.5. The van der Waals surface area contributed by atoms with Gasteiger partial charge in [0.15, 0.2) is 0 Å². The summed E-state index contributed by atoms with van der Waals surface area (Å²) in [6.45, 7) is 0. The molecule has 2 unspecified atom stereocenters. The number of benzene rings is 1. The Morgan fingerprint density at radius 1 is 1.30 bits per heavy atom. The molecule has 10 heteroatoms. The maximum atomic E-state index is 11.6. The summed E-state index contributed by atoms with van der Waals surface area (Å²) >= 11 is 5.99. The van der Waals surface area contributed by atoms with Crippen LogP contribution < -0.4 is 15.2 Å². The first kappa shape index (κ1) is 17.0. The first-order chi connectivity index (χ1) is 10.7. The average Bonchev–Trinajstić information content (AvgIpc) is 2.45. The third-order valence-electron chi connectivity index (χ3n) is 4.03. The number of nitrogens with two attached hydrogens (primary N) is 1. The van der Waals surface area contributed by atoms with Gasteiger partial charge in [0.25, 0.3) is 0 Å². The minimum atomic E-state index is -4.06. The molecule has 1 aromatic carbocycles. The number of fused-ring (bicyclic) bond motifs is 1. The minimum Gasteiger partial charge on any atom is -0.367 e. The monoisotopic (exact) mass is 379 g/mol. The van der Waals surface area contributed by atoms with Crippen LogP contribution in [0.15, 0.2) is 34.1 Å². The number of anilines is 1. The molecule has 128 valence electrons. The topological polar surface area (TPSA) is 125 Å². The van der Waals surface area contributed by atoms with Crippen LogP contribution in [-0.4, -0.2) is 23.7 Å². The molecule has 0 fully saturated rings. The normalized spacial score (nSPS) is 27.8. The van der Waals surface area contributed by atoms with Crippen LogP contribution in [0.4, 0.5) is 5.69 Å². The largest absolute Gasteiger partial charge is 0.367 e. The van der Waals surface area contributed by atoms with Crippen molar-refractivity contribution in [3.63, 3.8) is 0 Å². The van der Waals surface area contributed by atoms with Gasteiger partial charge in [-0.2, -0.15) is 4.72 Å². The van der Waals surface area contributed by atoms with E-state index in [1.165, 1.54) is 6.07 Å². The van der Waals surface area contributed by atoms with Crippen molar-refractivity contribution < 1.29 is 17.5 Å². The van der Waals surface area contributed by atoms with Crippen LogP contribution in [-0.2, 0) is 10.0 Å². The van der Waals surface area contributed by atoms with Crippen LogP contribution in [0.25, 0.3) is 0 Å². The number of rotatable bonds is 2. The Morgan fingerprint density at radius 3 is 2.65 bits per heavy atom. The number of hydrogen-bond donors (Lipinski definition) is 5. The number of allylic oxidation sites excluding steroid dienone is 2. The molecule has 0 saturated carbocycles. The maximum Gasteiger partial charge on any atom is 0.239 e. The zero-order valence-electron chi connectivity index (χ0n) is 12.1. The number of halogens is 1. The number of hydrogen-bond acceptors (Lipinski definition) is 6. The van der Waals surface area contributed by atoms with Crippen molar-refractivity contribution in [1.82, 2.24) is 4.72 Å². The van der Waals surface area contributed by atoms with E-state index in [-0.39, 0.29) is 26.9 Å². The fraction of sp³-hybridized carbons (Fsp3) is 0.385. The predicted molar refractivity (Wildman–Crippen MR) is 91.0 cm³/mol. The van der Waals surface area contributed by atoms with Crippen molar-refractivity contribution in [1.29, 1.82) is 0 Å². The van der Waals surface area contributed by atoms with Gasteiger partial charge in [-0.25, -0.2) is 13.6 Å². The molecule has 1 aromatic rings. The Morgan fingerprint density at radius 2 is 2.04 bits per heavy atom. The van der Waals surface area contributed by atoms with Crippen molar-refractivity contribution in [2.75, 3.05) is 5.32 Å². The second kappa shape index (κ2) is 5.92. The SMILES string of the molecule is NS(=O)(=O)c1cc2c(cc1Cl)NC(C1CC=CCC1)NS2(O)O. The van der Waals surface area contributed by atoms with Gasteiger partial charge in [-0.1, -0.05) is 23.8 Å². The first-order valence-corrected chi connectivity index (χ1v) is 10.5. The Kier molecular flexibility index (Phi) is 4.38. The van der Waals surface area contributed by atoms with E-state index >= 15 is 0 Å². The fourth-order valence-corrected chi connectivity index (χ4v) is 5.49. The van der Waals surface area contributed by atoms with Gasteiger partial charge in [0, 0.05) is 0 Å². The molecule has 0 saturated heterocycles. The van der Waals surface area contributed by atoms with E-state index in [0.29, 0.717) is 5.69 Å². The van der Waals surface area contributed by atoms with Gasteiger partial charge >= 0.3 is 0 Å². The third-order valence-corrected chi connectivity index (χ3v) is 6.94. The summed E-state index contributed by atoms with van der Waals surface area (Å²) in [4.78, 5) is -0.283. The van der Waals surface area contributed by atoms with Crippen LogP contribution >= 0.6 is 22.4 Å². The molecule has 0 aromatic heterocycles.